The number of pyridine rings is 1. The summed E-state index contributed by atoms with van der Waals surface area (Å²) < 4.78 is 5.32. The van der Waals surface area contributed by atoms with E-state index in [-0.39, 0.29) is 5.91 Å². The molecule has 7 nitrogen and oxygen atoms in total. The molecule has 0 aliphatic carbocycles. The van der Waals surface area contributed by atoms with E-state index in [0.717, 1.165) is 24.5 Å². The van der Waals surface area contributed by atoms with Crippen molar-refractivity contribution in [1.29, 1.82) is 0 Å². The Kier molecular flexibility index (Phi) is 4.24. The number of amides is 1. The van der Waals surface area contributed by atoms with E-state index in [0.29, 0.717) is 24.7 Å². The number of aryl methyl sites for hydroxylation is 1. The summed E-state index contributed by atoms with van der Waals surface area (Å²) in [5.41, 5.74) is 1.35. The van der Waals surface area contributed by atoms with E-state index in [4.69, 9.17) is 4.74 Å². The minimum atomic E-state index is -0.296. The lowest BCUT2D eigenvalue weighted by Crippen LogP contribution is -2.37. The third-order valence-electron chi connectivity index (χ3n) is 3.38. The summed E-state index contributed by atoms with van der Waals surface area (Å²) in [6, 6.07) is 5.37. The van der Waals surface area contributed by atoms with Crippen molar-refractivity contribution in [2.24, 2.45) is 0 Å². The lowest BCUT2D eigenvalue weighted by Gasteiger charge is -2.27. The Balaban J connectivity index is 1.75. The van der Waals surface area contributed by atoms with E-state index in [9.17, 15) is 4.79 Å². The molecule has 1 N–H and O–H groups in total. The molecule has 114 valence electrons. The quantitative estimate of drug-likeness (QED) is 0.919. The fourth-order valence-electron chi connectivity index (χ4n) is 2.22. The highest BCUT2D eigenvalue weighted by Crippen LogP contribution is 2.14. The molecule has 1 aliphatic heterocycles. The average Bonchev–Trinajstić information content (AvgIpc) is 2.56. The molecule has 1 fully saturated rings. The van der Waals surface area contributed by atoms with Gasteiger partial charge in [0.25, 0.3) is 5.91 Å². The van der Waals surface area contributed by atoms with Crippen LogP contribution in [-0.4, -0.2) is 47.2 Å². The van der Waals surface area contributed by atoms with Gasteiger partial charge in [-0.2, -0.15) is 0 Å². The van der Waals surface area contributed by atoms with Gasteiger partial charge >= 0.3 is 0 Å². The van der Waals surface area contributed by atoms with Crippen LogP contribution in [0.5, 0.6) is 0 Å². The topological polar surface area (TPSA) is 80.2 Å². The monoisotopic (exact) mass is 299 g/mol. The number of anilines is 2. The summed E-state index contributed by atoms with van der Waals surface area (Å²) in [5, 5.41) is 2.75. The highest BCUT2D eigenvalue weighted by atomic mass is 16.5. The molecule has 1 saturated heterocycles. The van der Waals surface area contributed by atoms with Gasteiger partial charge in [-0.15, -0.1) is 0 Å². The molecule has 0 radical (unpaired) electrons. The van der Waals surface area contributed by atoms with E-state index in [2.05, 4.69) is 25.2 Å². The number of hydrogen-bond donors (Lipinski definition) is 1. The van der Waals surface area contributed by atoms with Gasteiger partial charge in [0, 0.05) is 25.4 Å². The minimum Gasteiger partial charge on any atom is -0.378 e. The van der Waals surface area contributed by atoms with Crippen LogP contribution in [0, 0.1) is 6.92 Å². The van der Waals surface area contributed by atoms with Gasteiger partial charge in [-0.25, -0.2) is 15.0 Å². The third-order valence-corrected chi connectivity index (χ3v) is 3.38. The highest BCUT2D eigenvalue weighted by molar-refractivity contribution is 6.02. The van der Waals surface area contributed by atoms with E-state index in [1.54, 1.807) is 12.3 Å². The van der Waals surface area contributed by atoms with Crippen molar-refractivity contribution in [3.8, 4) is 0 Å². The molecular weight excluding hydrogens is 282 g/mol. The molecule has 7 heteroatoms. The van der Waals surface area contributed by atoms with E-state index in [1.165, 1.54) is 6.33 Å². The van der Waals surface area contributed by atoms with Crippen LogP contribution in [0.15, 0.2) is 30.7 Å². The number of ether oxygens (including phenoxy) is 1. The Morgan fingerprint density at radius 3 is 2.82 bits per heavy atom. The van der Waals surface area contributed by atoms with Crippen LogP contribution in [0.25, 0.3) is 0 Å². The lowest BCUT2D eigenvalue weighted by atomic mass is 10.3. The predicted molar refractivity (Wildman–Crippen MR) is 82.0 cm³/mol. The second-order valence-corrected chi connectivity index (χ2v) is 5.03. The van der Waals surface area contributed by atoms with E-state index in [1.807, 2.05) is 19.1 Å². The van der Waals surface area contributed by atoms with Crippen molar-refractivity contribution < 1.29 is 9.53 Å². The Morgan fingerprint density at radius 2 is 2.05 bits per heavy atom. The molecule has 0 atom stereocenters. The van der Waals surface area contributed by atoms with Crippen molar-refractivity contribution in [2.45, 2.75) is 6.92 Å². The van der Waals surface area contributed by atoms with Crippen LogP contribution in [0.2, 0.25) is 0 Å². The number of hydrogen-bond acceptors (Lipinski definition) is 6. The smallest absolute Gasteiger partial charge is 0.275 e. The lowest BCUT2D eigenvalue weighted by molar-refractivity contribution is 0.102. The molecule has 3 heterocycles. The first-order chi connectivity index (χ1) is 10.7. The zero-order chi connectivity index (χ0) is 15.4. The molecule has 1 aliphatic rings. The van der Waals surface area contributed by atoms with Crippen molar-refractivity contribution in [1.82, 2.24) is 15.0 Å². The Bertz CT molecular complexity index is 670. The van der Waals surface area contributed by atoms with Crippen molar-refractivity contribution in [3.63, 3.8) is 0 Å². The van der Waals surface area contributed by atoms with Gasteiger partial charge in [0.05, 0.1) is 13.2 Å². The summed E-state index contributed by atoms with van der Waals surface area (Å²) in [7, 11) is 0. The zero-order valence-electron chi connectivity index (χ0n) is 12.3. The van der Waals surface area contributed by atoms with Crippen LogP contribution in [0.4, 0.5) is 11.6 Å². The van der Waals surface area contributed by atoms with Crippen molar-refractivity contribution >= 4 is 17.5 Å². The van der Waals surface area contributed by atoms with Crippen molar-refractivity contribution in [2.75, 3.05) is 36.5 Å². The summed E-state index contributed by atoms with van der Waals surface area (Å²) in [4.78, 5) is 26.7. The average molecular weight is 299 g/mol. The molecule has 0 unspecified atom stereocenters. The molecule has 0 spiro atoms. The Labute approximate surface area is 128 Å². The van der Waals surface area contributed by atoms with Crippen LogP contribution in [0.3, 0.4) is 0 Å². The molecule has 2 aromatic rings. The summed E-state index contributed by atoms with van der Waals surface area (Å²) >= 11 is 0. The van der Waals surface area contributed by atoms with Gasteiger partial charge in [-0.3, -0.25) is 4.79 Å². The number of nitrogens with zero attached hydrogens (tertiary/aromatic N) is 4. The van der Waals surface area contributed by atoms with Crippen LogP contribution in [-0.2, 0) is 4.74 Å². The number of rotatable bonds is 3. The summed E-state index contributed by atoms with van der Waals surface area (Å²) in [6.45, 7) is 4.80. The molecule has 22 heavy (non-hydrogen) atoms. The standard InChI is InChI=1S/C15H17N5O2/c1-11-2-3-16-13(8-11)19-15(21)12-9-14(18-10-17-12)20-4-6-22-7-5-20/h2-3,8-10H,4-7H2,1H3,(H,16,19,21). The van der Waals surface area contributed by atoms with Crippen LogP contribution < -0.4 is 10.2 Å². The molecule has 0 bridgehead atoms. The van der Waals surface area contributed by atoms with E-state index >= 15 is 0 Å². The largest absolute Gasteiger partial charge is 0.378 e. The molecular formula is C15H17N5O2. The first-order valence-electron chi connectivity index (χ1n) is 7.11. The third kappa shape index (κ3) is 3.37. The Hall–Kier alpha value is -2.54. The number of carbonyl (C=O) groups excluding carboxylic acids is 1. The summed E-state index contributed by atoms with van der Waals surface area (Å²) in [6.07, 6.45) is 3.06. The zero-order valence-corrected chi connectivity index (χ0v) is 12.3. The molecule has 0 saturated carbocycles. The predicted octanol–water partition coefficient (Wildman–Crippen LogP) is 1.27. The maximum absolute atomic E-state index is 12.3. The fourth-order valence-corrected chi connectivity index (χ4v) is 2.22. The summed E-state index contributed by atoms with van der Waals surface area (Å²) in [5.74, 6) is 0.951. The second-order valence-electron chi connectivity index (χ2n) is 5.03. The van der Waals surface area contributed by atoms with Gasteiger partial charge < -0.3 is 15.0 Å². The van der Waals surface area contributed by atoms with Gasteiger partial charge in [-0.05, 0) is 24.6 Å². The first-order valence-corrected chi connectivity index (χ1v) is 7.11. The van der Waals surface area contributed by atoms with Gasteiger partial charge in [-0.1, -0.05) is 0 Å². The molecule has 2 aromatic heterocycles. The first kappa shape index (κ1) is 14.4. The van der Waals surface area contributed by atoms with Crippen molar-refractivity contribution in [3.05, 3.63) is 42.0 Å². The number of carbonyl (C=O) groups is 1. The van der Waals surface area contributed by atoms with E-state index < -0.39 is 0 Å². The maximum Gasteiger partial charge on any atom is 0.275 e. The molecule has 3 rings (SSSR count). The number of nitrogens with one attached hydrogen (secondary N) is 1. The fraction of sp³-hybridized carbons (Fsp3) is 0.333. The molecule has 1 amide bonds. The number of morpholine rings is 1. The second kappa shape index (κ2) is 6.48. The Morgan fingerprint density at radius 1 is 1.23 bits per heavy atom. The SMILES string of the molecule is Cc1ccnc(NC(=O)c2cc(N3CCOCC3)ncn2)c1. The van der Waals surface area contributed by atoms with Gasteiger partial charge in [0.1, 0.15) is 23.7 Å². The number of aromatic nitrogens is 3. The highest BCUT2D eigenvalue weighted by Gasteiger charge is 2.15. The van der Waals surface area contributed by atoms with Gasteiger partial charge in [0.15, 0.2) is 0 Å². The maximum atomic E-state index is 12.3. The van der Waals surface area contributed by atoms with Gasteiger partial charge in [0.2, 0.25) is 0 Å². The normalized spacial score (nSPS) is 14.7. The minimum absolute atomic E-state index is 0.296. The van der Waals surface area contributed by atoms with Crippen LogP contribution in [0.1, 0.15) is 16.1 Å². The molecule has 0 aromatic carbocycles. The van der Waals surface area contributed by atoms with Crippen LogP contribution >= 0.6 is 0 Å².